The van der Waals surface area contributed by atoms with Gasteiger partial charge in [-0.15, -0.1) is 11.3 Å². The topological polar surface area (TPSA) is 26.0 Å². The van der Waals surface area contributed by atoms with Crippen molar-refractivity contribution in [3.05, 3.63) is 55.4 Å². The standard InChI is InChI=1S/C13H12BrClFNS/c14-13-4-3-11(18-13)7-10(17)5-8-1-2-9(16)6-12(8)15/h1-4,6,10H,5,7,17H2. The molecule has 1 unspecified atom stereocenters. The molecular weight excluding hydrogens is 337 g/mol. The molecule has 1 aromatic carbocycles. The summed E-state index contributed by atoms with van der Waals surface area (Å²) in [6, 6.07) is 8.49. The van der Waals surface area contributed by atoms with Crippen LogP contribution >= 0.6 is 38.9 Å². The van der Waals surface area contributed by atoms with E-state index in [4.69, 9.17) is 17.3 Å². The van der Waals surface area contributed by atoms with Gasteiger partial charge >= 0.3 is 0 Å². The molecule has 1 heterocycles. The van der Waals surface area contributed by atoms with Gasteiger partial charge in [-0.3, -0.25) is 0 Å². The van der Waals surface area contributed by atoms with Crippen LogP contribution in [-0.4, -0.2) is 6.04 Å². The number of thiophene rings is 1. The SMILES string of the molecule is NC(Cc1ccc(Br)s1)Cc1ccc(F)cc1Cl. The molecule has 96 valence electrons. The minimum atomic E-state index is -0.320. The summed E-state index contributed by atoms with van der Waals surface area (Å²) in [4.78, 5) is 1.23. The lowest BCUT2D eigenvalue weighted by Gasteiger charge is -2.11. The molecule has 1 atom stereocenters. The van der Waals surface area contributed by atoms with Crippen LogP contribution in [-0.2, 0) is 12.8 Å². The molecular formula is C13H12BrClFNS. The van der Waals surface area contributed by atoms with Crippen molar-refractivity contribution < 1.29 is 4.39 Å². The van der Waals surface area contributed by atoms with Gasteiger partial charge in [0.25, 0.3) is 0 Å². The van der Waals surface area contributed by atoms with Crippen LogP contribution in [0.1, 0.15) is 10.4 Å². The molecule has 0 amide bonds. The normalized spacial score (nSPS) is 12.7. The van der Waals surface area contributed by atoms with E-state index in [9.17, 15) is 4.39 Å². The molecule has 5 heteroatoms. The summed E-state index contributed by atoms with van der Waals surface area (Å²) in [6.45, 7) is 0. The second kappa shape index (κ2) is 6.15. The van der Waals surface area contributed by atoms with Gasteiger partial charge in [0.15, 0.2) is 0 Å². The van der Waals surface area contributed by atoms with Crippen molar-refractivity contribution >= 4 is 38.9 Å². The van der Waals surface area contributed by atoms with Crippen LogP contribution in [0.3, 0.4) is 0 Å². The fourth-order valence-electron chi connectivity index (χ4n) is 1.76. The van der Waals surface area contributed by atoms with Gasteiger partial charge in [0.2, 0.25) is 0 Å². The summed E-state index contributed by atoms with van der Waals surface area (Å²) in [5, 5.41) is 0.442. The molecule has 0 radical (unpaired) electrons. The highest BCUT2D eigenvalue weighted by Gasteiger charge is 2.10. The Morgan fingerprint density at radius 1 is 1.28 bits per heavy atom. The van der Waals surface area contributed by atoms with E-state index in [2.05, 4.69) is 22.0 Å². The van der Waals surface area contributed by atoms with Gasteiger partial charge < -0.3 is 5.73 Å². The Morgan fingerprint density at radius 2 is 2.06 bits per heavy atom. The van der Waals surface area contributed by atoms with Crippen molar-refractivity contribution in [1.29, 1.82) is 0 Å². The number of benzene rings is 1. The summed E-state index contributed by atoms with van der Waals surface area (Å²) in [7, 11) is 0. The summed E-state index contributed by atoms with van der Waals surface area (Å²) >= 11 is 11.1. The molecule has 2 aromatic rings. The fraction of sp³-hybridized carbons (Fsp3) is 0.231. The molecule has 0 spiro atoms. The van der Waals surface area contributed by atoms with Crippen LogP contribution < -0.4 is 5.73 Å². The second-order valence-corrected chi connectivity index (χ2v) is 7.06. The Kier molecular flexibility index (Phi) is 4.78. The van der Waals surface area contributed by atoms with Crippen LogP contribution in [0.5, 0.6) is 0 Å². The summed E-state index contributed by atoms with van der Waals surface area (Å²) < 4.78 is 14.0. The van der Waals surface area contributed by atoms with E-state index in [0.29, 0.717) is 11.4 Å². The highest BCUT2D eigenvalue weighted by Crippen LogP contribution is 2.24. The van der Waals surface area contributed by atoms with Crippen molar-refractivity contribution in [3.8, 4) is 0 Å². The third-order valence-corrected chi connectivity index (χ3v) is 4.59. The van der Waals surface area contributed by atoms with Crippen LogP contribution in [0.25, 0.3) is 0 Å². The number of nitrogens with two attached hydrogens (primary N) is 1. The maximum Gasteiger partial charge on any atom is 0.124 e. The average Bonchev–Trinajstić information content (AvgIpc) is 2.68. The minimum absolute atomic E-state index is 0.0153. The molecule has 18 heavy (non-hydrogen) atoms. The first-order valence-electron chi connectivity index (χ1n) is 5.48. The van der Waals surface area contributed by atoms with Crippen LogP contribution in [0, 0.1) is 5.82 Å². The Balaban J connectivity index is 2.00. The third kappa shape index (κ3) is 3.79. The monoisotopic (exact) mass is 347 g/mol. The van der Waals surface area contributed by atoms with E-state index in [1.54, 1.807) is 17.4 Å². The number of hydrogen-bond donors (Lipinski definition) is 1. The molecule has 0 saturated heterocycles. The first kappa shape index (κ1) is 14.0. The van der Waals surface area contributed by atoms with E-state index < -0.39 is 0 Å². The number of halogens is 3. The molecule has 0 saturated carbocycles. The average molecular weight is 349 g/mol. The molecule has 2 rings (SSSR count). The molecule has 0 bridgehead atoms. The Morgan fingerprint density at radius 3 is 2.67 bits per heavy atom. The molecule has 0 aliphatic carbocycles. The van der Waals surface area contributed by atoms with Crippen molar-refractivity contribution in [2.75, 3.05) is 0 Å². The van der Waals surface area contributed by atoms with E-state index >= 15 is 0 Å². The van der Waals surface area contributed by atoms with Gasteiger partial charge in [-0.25, -0.2) is 4.39 Å². The lowest BCUT2D eigenvalue weighted by Crippen LogP contribution is -2.25. The van der Waals surface area contributed by atoms with Crippen LogP contribution in [0.4, 0.5) is 4.39 Å². The Hall–Kier alpha value is -0.420. The van der Waals surface area contributed by atoms with Crippen molar-refractivity contribution in [3.63, 3.8) is 0 Å². The van der Waals surface area contributed by atoms with E-state index in [0.717, 1.165) is 15.8 Å². The van der Waals surface area contributed by atoms with Crippen molar-refractivity contribution in [2.24, 2.45) is 5.73 Å². The lowest BCUT2D eigenvalue weighted by molar-refractivity contribution is 0.624. The van der Waals surface area contributed by atoms with Gasteiger partial charge in [-0.1, -0.05) is 17.7 Å². The fourth-order valence-corrected chi connectivity index (χ4v) is 3.58. The van der Waals surface area contributed by atoms with E-state index in [1.165, 1.54) is 17.0 Å². The first-order chi connectivity index (χ1) is 8.54. The Labute approximate surface area is 123 Å². The summed E-state index contributed by atoms with van der Waals surface area (Å²) in [6.07, 6.45) is 1.44. The number of rotatable bonds is 4. The molecule has 0 fully saturated rings. The largest absolute Gasteiger partial charge is 0.327 e. The van der Waals surface area contributed by atoms with Gasteiger partial charge in [-0.05, 0) is 58.6 Å². The maximum absolute atomic E-state index is 12.9. The smallest absolute Gasteiger partial charge is 0.124 e. The highest BCUT2D eigenvalue weighted by molar-refractivity contribution is 9.11. The van der Waals surface area contributed by atoms with Crippen molar-refractivity contribution in [1.82, 2.24) is 0 Å². The lowest BCUT2D eigenvalue weighted by atomic mass is 10.0. The molecule has 2 N–H and O–H groups in total. The molecule has 1 nitrogen and oxygen atoms in total. The Bertz CT molecular complexity index is 544. The van der Waals surface area contributed by atoms with Crippen molar-refractivity contribution in [2.45, 2.75) is 18.9 Å². The molecule has 0 aliphatic rings. The summed E-state index contributed by atoms with van der Waals surface area (Å²) in [5.41, 5.74) is 6.98. The van der Waals surface area contributed by atoms with Gasteiger partial charge in [0, 0.05) is 15.9 Å². The first-order valence-corrected chi connectivity index (χ1v) is 7.47. The molecule has 1 aromatic heterocycles. The van der Waals surface area contributed by atoms with Gasteiger partial charge in [0.1, 0.15) is 5.82 Å². The van der Waals surface area contributed by atoms with Crippen LogP contribution in [0.2, 0.25) is 5.02 Å². The number of hydrogen-bond acceptors (Lipinski definition) is 2. The van der Waals surface area contributed by atoms with E-state index in [-0.39, 0.29) is 11.9 Å². The zero-order valence-electron chi connectivity index (χ0n) is 9.50. The minimum Gasteiger partial charge on any atom is -0.327 e. The van der Waals surface area contributed by atoms with Gasteiger partial charge in [0.05, 0.1) is 3.79 Å². The summed E-state index contributed by atoms with van der Waals surface area (Å²) in [5.74, 6) is -0.320. The van der Waals surface area contributed by atoms with Gasteiger partial charge in [-0.2, -0.15) is 0 Å². The zero-order chi connectivity index (χ0) is 13.1. The van der Waals surface area contributed by atoms with E-state index in [1.807, 2.05) is 6.07 Å². The van der Waals surface area contributed by atoms with Crippen LogP contribution in [0.15, 0.2) is 34.1 Å². The predicted molar refractivity (Wildman–Crippen MR) is 78.8 cm³/mol. The maximum atomic E-state index is 12.9. The quantitative estimate of drug-likeness (QED) is 0.870. The molecule has 0 aliphatic heterocycles. The zero-order valence-corrected chi connectivity index (χ0v) is 12.7. The predicted octanol–water partition coefficient (Wildman–Crippen LogP) is 4.42. The highest BCUT2D eigenvalue weighted by atomic mass is 79.9. The third-order valence-electron chi connectivity index (χ3n) is 2.59. The second-order valence-electron chi connectivity index (χ2n) is 4.11.